The number of rotatable bonds is 5. The monoisotopic (exact) mass is 489 g/mol. The summed E-state index contributed by atoms with van der Waals surface area (Å²) in [5.74, 6) is 2.68. The van der Waals surface area contributed by atoms with Gasteiger partial charge in [0.25, 0.3) is 0 Å². The van der Waals surface area contributed by atoms with Gasteiger partial charge in [0.1, 0.15) is 23.3 Å². The third-order valence-electron chi connectivity index (χ3n) is 4.98. The first-order valence-electron chi connectivity index (χ1n) is 10.5. The van der Waals surface area contributed by atoms with Crippen LogP contribution >= 0.6 is 11.8 Å². The van der Waals surface area contributed by atoms with Gasteiger partial charge in [-0.3, -0.25) is 0 Å². The molecule has 1 saturated heterocycles. The Morgan fingerprint density at radius 2 is 1.74 bits per heavy atom. The molecule has 0 atom stereocenters. The van der Waals surface area contributed by atoms with Crippen molar-refractivity contribution >= 4 is 40.9 Å². The molecule has 1 aliphatic heterocycles. The second kappa shape index (κ2) is 10.2. The van der Waals surface area contributed by atoms with Crippen LogP contribution in [0.5, 0.6) is 0 Å². The summed E-state index contributed by atoms with van der Waals surface area (Å²) in [4.78, 5) is 29.6. The molecule has 3 heterocycles. The van der Waals surface area contributed by atoms with Gasteiger partial charge in [-0.25, -0.2) is 19.7 Å². The number of carbonyl (C=O) groups is 1. The topological polar surface area (TPSA) is 86.3 Å². The SMILES string of the molecule is Cc1nc(Nc2ccccn2)cc(N2CCN(C(=O)Nc3ccc(SC(F)(F)F)cc3)CC2)n1. The summed E-state index contributed by atoms with van der Waals surface area (Å²) in [5, 5.41) is 5.90. The molecule has 2 N–H and O–H groups in total. The molecule has 0 saturated carbocycles. The second-order valence-corrected chi connectivity index (χ2v) is 8.61. The lowest BCUT2D eigenvalue weighted by atomic mass is 10.3. The number of aryl methyl sites for hydroxylation is 1. The Labute approximate surface area is 198 Å². The number of urea groups is 1. The summed E-state index contributed by atoms with van der Waals surface area (Å²) < 4.78 is 37.4. The van der Waals surface area contributed by atoms with Crippen LogP contribution in [-0.2, 0) is 0 Å². The first kappa shape index (κ1) is 23.6. The lowest BCUT2D eigenvalue weighted by Crippen LogP contribution is -2.50. The molecule has 1 aliphatic rings. The van der Waals surface area contributed by atoms with E-state index in [1.54, 1.807) is 11.1 Å². The zero-order valence-electron chi connectivity index (χ0n) is 18.2. The smallest absolute Gasteiger partial charge is 0.353 e. The lowest BCUT2D eigenvalue weighted by molar-refractivity contribution is -0.0328. The van der Waals surface area contributed by atoms with Crippen molar-refractivity contribution in [3.05, 3.63) is 60.6 Å². The predicted molar refractivity (Wildman–Crippen MR) is 125 cm³/mol. The van der Waals surface area contributed by atoms with Gasteiger partial charge in [-0.1, -0.05) is 6.07 Å². The predicted octanol–water partition coefficient (Wildman–Crippen LogP) is 4.89. The molecule has 2 aromatic heterocycles. The molecule has 4 rings (SSSR count). The maximum atomic E-state index is 12.6. The molecule has 0 radical (unpaired) electrons. The number of anilines is 4. The number of halogens is 3. The van der Waals surface area contributed by atoms with E-state index in [4.69, 9.17) is 0 Å². The van der Waals surface area contributed by atoms with Crippen LogP contribution in [0.25, 0.3) is 0 Å². The minimum Gasteiger partial charge on any atom is -0.353 e. The first-order valence-corrected chi connectivity index (χ1v) is 11.3. The lowest BCUT2D eigenvalue weighted by Gasteiger charge is -2.35. The fourth-order valence-electron chi connectivity index (χ4n) is 3.43. The van der Waals surface area contributed by atoms with Crippen LogP contribution in [0.2, 0.25) is 0 Å². The number of hydrogen-bond donors (Lipinski definition) is 2. The molecule has 0 spiro atoms. The summed E-state index contributed by atoms with van der Waals surface area (Å²) in [5.41, 5.74) is -3.90. The van der Waals surface area contributed by atoms with Gasteiger partial charge in [0.05, 0.1) is 0 Å². The molecule has 178 valence electrons. The number of nitrogens with one attached hydrogen (secondary N) is 2. The second-order valence-electron chi connectivity index (χ2n) is 7.48. The average molecular weight is 490 g/mol. The highest BCUT2D eigenvalue weighted by Crippen LogP contribution is 2.37. The highest BCUT2D eigenvalue weighted by molar-refractivity contribution is 8.00. The zero-order chi connectivity index (χ0) is 24.1. The van der Waals surface area contributed by atoms with E-state index in [0.717, 1.165) is 5.82 Å². The quantitative estimate of drug-likeness (QED) is 0.494. The van der Waals surface area contributed by atoms with Crippen LogP contribution in [0.3, 0.4) is 0 Å². The van der Waals surface area contributed by atoms with E-state index in [-0.39, 0.29) is 22.7 Å². The number of aromatic nitrogens is 3. The van der Waals surface area contributed by atoms with Gasteiger partial charge in [0.15, 0.2) is 0 Å². The van der Waals surface area contributed by atoms with Gasteiger partial charge in [-0.05, 0) is 55.1 Å². The van der Waals surface area contributed by atoms with Crippen LogP contribution in [0.1, 0.15) is 5.82 Å². The maximum absolute atomic E-state index is 12.6. The van der Waals surface area contributed by atoms with Crippen molar-refractivity contribution in [2.75, 3.05) is 41.7 Å². The van der Waals surface area contributed by atoms with Crippen LogP contribution in [0, 0.1) is 6.92 Å². The minimum atomic E-state index is -4.35. The zero-order valence-corrected chi connectivity index (χ0v) is 19.0. The summed E-state index contributed by atoms with van der Waals surface area (Å²) in [7, 11) is 0. The van der Waals surface area contributed by atoms with Gasteiger partial charge in [0.2, 0.25) is 0 Å². The molecule has 34 heavy (non-hydrogen) atoms. The van der Waals surface area contributed by atoms with Crippen molar-refractivity contribution < 1.29 is 18.0 Å². The van der Waals surface area contributed by atoms with Gasteiger partial charge >= 0.3 is 11.5 Å². The van der Waals surface area contributed by atoms with Crippen molar-refractivity contribution in [3.63, 3.8) is 0 Å². The summed E-state index contributed by atoms with van der Waals surface area (Å²) in [6.45, 7) is 3.91. The van der Waals surface area contributed by atoms with Crippen LogP contribution in [0.15, 0.2) is 59.6 Å². The molecule has 0 bridgehead atoms. The van der Waals surface area contributed by atoms with Crippen LogP contribution in [-0.4, -0.2) is 57.6 Å². The van der Waals surface area contributed by atoms with E-state index in [9.17, 15) is 18.0 Å². The first-order chi connectivity index (χ1) is 16.2. The fourth-order valence-corrected chi connectivity index (χ4v) is 3.97. The third-order valence-corrected chi connectivity index (χ3v) is 5.71. The van der Waals surface area contributed by atoms with Crippen molar-refractivity contribution in [2.45, 2.75) is 17.3 Å². The van der Waals surface area contributed by atoms with Crippen molar-refractivity contribution in [2.24, 2.45) is 0 Å². The Morgan fingerprint density at radius 3 is 2.38 bits per heavy atom. The number of thioether (sulfide) groups is 1. The number of alkyl halides is 3. The Morgan fingerprint density at radius 1 is 1.00 bits per heavy atom. The van der Waals surface area contributed by atoms with Crippen molar-refractivity contribution in [3.8, 4) is 0 Å². The summed E-state index contributed by atoms with van der Waals surface area (Å²) in [6, 6.07) is 12.7. The molecule has 8 nitrogen and oxygen atoms in total. The van der Waals surface area contributed by atoms with E-state index in [0.29, 0.717) is 49.3 Å². The number of piperazine rings is 1. The van der Waals surface area contributed by atoms with Gasteiger partial charge in [-0.15, -0.1) is 0 Å². The average Bonchev–Trinajstić information content (AvgIpc) is 2.80. The highest BCUT2D eigenvalue weighted by atomic mass is 32.2. The minimum absolute atomic E-state index is 0.0659. The third kappa shape index (κ3) is 6.50. The number of carbonyl (C=O) groups excluding carboxylic acids is 1. The molecule has 12 heteroatoms. The van der Waals surface area contributed by atoms with Crippen LogP contribution < -0.4 is 15.5 Å². The van der Waals surface area contributed by atoms with Gasteiger partial charge < -0.3 is 20.4 Å². The Hall–Kier alpha value is -3.54. The molecule has 3 aromatic rings. The van der Waals surface area contributed by atoms with E-state index >= 15 is 0 Å². The highest BCUT2D eigenvalue weighted by Gasteiger charge is 2.29. The van der Waals surface area contributed by atoms with Gasteiger partial charge in [-0.2, -0.15) is 13.2 Å². The fraction of sp³-hybridized carbons (Fsp3) is 0.273. The normalized spacial score (nSPS) is 14.1. The number of benzene rings is 1. The summed E-state index contributed by atoms with van der Waals surface area (Å²) in [6.07, 6.45) is 1.69. The van der Waals surface area contributed by atoms with Crippen molar-refractivity contribution in [1.29, 1.82) is 0 Å². The molecule has 0 unspecified atom stereocenters. The Bertz CT molecular complexity index is 1120. The molecule has 1 fully saturated rings. The summed E-state index contributed by atoms with van der Waals surface area (Å²) >= 11 is -0.190. The van der Waals surface area contributed by atoms with Crippen LogP contribution in [0.4, 0.5) is 41.1 Å². The van der Waals surface area contributed by atoms with E-state index in [1.165, 1.54) is 24.3 Å². The number of pyridine rings is 1. The van der Waals surface area contributed by atoms with Crippen molar-refractivity contribution in [1.82, 2.24) is 19.9 Å². The number of amides is 2. The van der Waals surface area contributed by atoms with E-state index < -0.39 is 5.51 Å². The molecular weight excluding hydrogens is 467 g/mol. The number of hydrogen-bond acceptors (Lipinski definition) is 7. The molecular formula is C22H22F3N7OS. The standard InChI is InChI=1S/C22H22F3N7OS/c1-15-27-19(30-18-4-2-3-9-26-18)14-20(28-15)31-10-12-32(13-11-31)21(33)29-16-5-7-17(8-6-16)34-22(23,24)25/h2-9,14H,10-13H2,1H3,(H,29,33)(H,26,27,28,30). The van der Waals surface area contributed by atoms with E-state index in [1.807, 2.05) is 31.2 Å². The Balaban J connectivity index is 1.33. The van der Waals surface area contributed by atoms with Gasteiger partial charge in [0, 0.05) is 49.0 Å². The maximum Gasteiger partial charge on any atom is 0.446 e. The molecule has 2 amide bonds. The number of nitrogens with zero attached hydrogens (tertiary/aromatic N) is 5. The molecule has 0 aliphatic carbocycles. The Kier molecular flexibility index (Phi) is 7.06. The largest absolute Gasteiger partial charge is 0.446 e. The molecule has 1 aromatic carbocycles. The van der Waals surface area contributed by atoms with E-state index in [2.05, 4.69) is 30.5 Å².